The minimum absolute atomic E-state index is 0.115. The van der Waals surface area contributed by atoms with E-state index in [-0.39, 0.29) is 16.8 Å². The summed E-state index contributed by atoms with van der Waals surface area (Å²) in [6.45, 7) is 1.17. The lowest BCUT2D eigenvalue weighted by molar-refractivity contribution is -0.384. The standard InChI is InChI=1S/C12H15ClN4O3/c13-10-2-1-9(7-11(10)17(19)20)15-8-3-5-16(6-4-8)12(14)18/h1-2,7-8,15H,3-6H2,(H2,14,18). The molecule has 0 spiro atoms. The zero-order valence-electron chi connectivity index (χ0n) is 10.7. The van der Waals surface area contributed by atoms with Crippen LogP contribution in [0.3, 0.4) is 0 Å². The normalized spacial score (nSPS) is 15.9. The van der Waals surface area contributed by atoms with Crippen LogP contribution in [-0.4, -0.2) is 35.0 Å². The third kappa shape index (κ3) is 3.30. The van der Waals surface area contributed by atoms with Gasteiger partial charge in [-0.1, -0.05) is 11.6 Å². The van der Waals surface area contributed by atoms with Crippen LogP contribution in [0.4, 0.5) is 16.2 Å². The number of urea groups is 1. The van der Waals surface area contributed by atoms with Crippen molar-refractivity contribution in [1.29, 1.82) is 0 Å². The van der Waals surface area contributed by atoms with Gasteiger partial charge < -0.3 is 16.0 Å². The third-order valence-corrected chi connectivity index (χ3v) is 3.64. The molecule has 0 bridgehead atoms. The summed E-state index contributed by atoms with van der Waals surface area (Å²) in [5, 5.41) is 14.2. The number of hydrogen-bond acceptors (Lipinski definition) is 4. The van der Waals surface area contributed by atoms with Gasteiger partial charge in [0.25, 0.3) is 5.69 Å². The largest absolute Gasteiger partial charge is 0.382 e. The maximum atomic E-state index is 11.0. The molecule has 20 heavy (non-hydrogen) atoms. The first-order chi connectivity index (χ1) is 9.47. The Bertz CT molecular complexity index is 529. The number of primary amides is 1. The summed E-state index contributed by atoms with van der Waals surface area (Å²) in [6, 6.07) is 4.37. The van der Waals surface area contributed by atoms with E-state index in [0.717, 1.165) is 12.8 Å². The van der Waals surface area contributed by atoms with Gasteiger partial charge in [-0.15, -0.1) is 0 Å². The Labute approximate surface area is 120 Å². The van der Waals surface area contributed by atoms with E-state index < -0.39 is 11.0 Å². The van der Waals surface area contributed by atoms with Crippen LogP contribution in [0.25, 0.3) is 0 Å². The zero-order valence-corrected chi connectivity index (χ0v) is 11.5. The lowest BCUT2D eigenvalue weighted by Gasteiger charge is -2.31. The Kier molecular flexibility index (Phi) is 4.29. The molecular weight excluding hydrogens is 284 g/mol. The Morgan fingerprint density at radius 2 is 2.10 bits per heavy atom. The highest BCUT2D eigenvalue weighted by atomic mass is 35.5. The highest BCUT2D eigenvalue weighted by molar-refractivity contribution is 6.32. The van der Waals surface area contributed by atoms with E-state index in [1.54, 1.807) is 11.0 Å². The van der Waals surface area contributed by atoms with Gasteiger partial charge in [0, 0.05) is 30.9 Å². The van der Waals surface area contributed by atoms with Crippen LogP contribution in [0.1, 0.15) is 12.8 Å². The molecule has 1 aromatic carbocycles. The maximum Gasteiger partial charge on any atom is 0.314 e. The van der Waals surface area contributed by atoms with Crippen LogP contribution in [0.2, 0.25) is 5.02 Å². The van der Waals surface area contributed by atoms with Crippen LogP contribution in [-0.2, 0) is 0 Å². The minimum atomic E-state index is -0.511. The summed E-state index contributed by atoms with van der Waals surface area (Å²) in [5.41, 5.74) is 5.74. The summed E-state index contributed by atoms with van der Waals surface area (Å²) >= 11 is 5.76. The first kappa shape index (κ1) is 14.4. The molecule has 0 saturated carbocycles. The fourth-order valence-corrected chi connectivity index (χ4v) is 2.41. The van der Waals surface area contributed by atoms with Gasteiger partial charge in [0.05, 0.1) is 4.92 Å². The van der Waals surface area contributed by atoms with Gasteiger partial charge in [-0.25, -0.2) is 4.79 Å². The Hall–Kier alpha value is -2.02. The molecule has 1 aromatic rings. The molecule has 1 saturated heterocycles. The van der Waals surface area contributed by atoms with E-state index in [2.05, 4.69) is 5.32 Å². The number of halogens is 1. The van der Waals surface area contributed by atoms with Crippen molar-refractivity contribution < 1.29 is 9.72 Å². The van der Waals surface area contributed by atoms with E-state index in [1.165, 1.54) is 12.1 Å². The van der Waals surface area contributed by atoms with Gasteiger partial charge in [-0.05, 0) is 25.0 Å². The number of anilines is 1. The zero-order chi connectivity index (χ0) is 14.7. The number of nitro benzene ring substituents is 1. The van der Waals surface area contributed by atoms with Crippen LogP contribution < -0.4 is 11.1 Å². The number of carbonyl (C=O) groups is 1. The molecule has 3 N–H and O–H groups in total. The topological polar surface area (TPSA) is 102 Å². The molecular formula is C12H15ClN4O3. The van der Waals surface area contributed by atoms with Crippen molar-refractivity contribution in [2.75, 3.05) is 18.4 Å². The van der Waals surface area contributed by atoms with E-state index in [0.29, 0.717) is 18.8 Å². The number of benzene rings is 1. The second kappa shape index (κ2) is 5.96. The van der Waals surface area contributed by atoms with Gasteiger partial charge >= 0.3 is 6.03 Å². The van der Waals surface area contributed by atoms with E-state index >= 15 is 0 Å². The molecule has 108 valence electrons. The number of piperidine rings is 1. The molecule has 0 atom stereocenters. The summed E-state index contributed by atoms with van der Waals surface area (Å²) in [5.74, 6) is 0. The summed E-state index contributed by atoms with van der Waals surface area (Å²) < 4.78 is 0. The first-order valence-electron chi connectivity index (χ1n) is 6.22. The lowest BCUT2D eigenvalue weighted by atomic mass is 10.0. The van der Waals surface area contributed by atoms with Gasteiger partial charge in [-0.3, -0.25) is 10.1 Å². The van der Waals surface area contributed by atoms with Gasteiger partial charge in [0.2, 0.25) is 0 Å². The molecule has 1 aliphatic rings. The fraction of sp³-hybridized carbons (Fsp3) is 0.417. The molecule has 0 aliphatic carbocycles. The van der Waals surface area contributed by atoms with Crippen LogP contribution in [0.5, 0.6) is 0 Å². The van der Waals surface area contributed by atoms with Gasteiger partial charge in [0.1, 0.15) is 5.02 Å². The number of nitrogens with zero attached hydrogens (tertiary/aromatic N) is 2. The highest BCUT2D eigenvalue weighted by Gasteiger charge is 2.21. The Balaban J connectivity index is 1.99. The molecule has 1 heterocycles. The first-order valence-corrected chi connectivity index (χ1v) is 6.60. The van der Waals surface area contributed by atoms with Crippen molar-refractivity contribution >= 4 is 29.0 Å². The van der Waals surface area contributed by atoms with Crippen LogP contribution >= 0.6 is 11.6 Å². The molecule has 0 unspecified atom stereocenters. The monoisotopic (exact) mass is 298 g/mol. The number of nitrogens with one attached hydrogen (secondary N) is 1. The Morgan fingerprint density at radius 1 is 1.45 bits per heavy atom. The van der Waals surface area contributed by atoms with Crippen molar-refractivity contribution in [3.05, 3.63) is 33.3 Å². The summed E-state index contributed by atoms with van der Waals surface area (Å²) in [6.07, 6.45) is 1.50. The third-order valence-electron chi connectivity index (χ3n) is 3.32. The molecule has 2 rings (SSSR count). The molecule has 7 nitrogen and oxygen atoms in total. The average molecular weight is 299 g/mol. The number of nitro groups is 1. The van der Waals surface area contributed by atoms with Gasteiger partial charge in [0.15, 0.2) is 0 Å². The number of nitrogens with two attached hydrogens (primary N) is 1. The molecule has 0 radical (unpaired) electrons. The highest BCUT2D eigenvalue weighted by Crippen LogP contribution is 2.28. The molecule has 1 fully saturated rings. The lowest BCUT2D eigenvalue weighted by Crippen LogP contribution is -2.44. The fourth-order valence-electron chi connectivity index (χ4n) is 2.22. The second-order valence-corrected chi connectivity index (χ2v) is 5.07. The predicted molar refractivity (Wildman–Crippen MR) is 75.9 cm³/mol. The summed E-state index contributed by atoms with van der Waals surface area (Å²) in [4.78, 5) is 22.9. The number of rotatable bonds is 3. The number of carbonyl (C=O) groups excluding carboxylic acids is 1. The van der Waals surface area contributed by atoms with Crippen molar-refractivity contribution in [1.82, 2.24) is 4.90 Å². The summed E-state index contributed by atoms with van der Waals surface area (Å²) in [7, 11) is 0. The van der Waals surface area contributed by atoms with E-state index in [1.807, 2.05) is 0 Å². The van der Waals surface area contributed by atoms with Gasteiger partial charge in [-0.2, -0.15) is 0 Å². The van der Waals surface area contributed by atoms with Crippen LogP contribution in [0, 0.1) is 10.1 Å². The minimum Gasteiger partial charge on any atom is -0.382 e. The number of hydrogen-bond donors (Lipinski definition) is 2. The molecule has 0 aromatic heterocycles. The molecule has 1 aliphatic heterocycles. The Morgan fingerprint density at radius 3 is 2.65 bits per heavy atom. The van der Waals surface area contributed by atoms with E-state index in [9.17, 15) is 14.9 Å². The predicted octanol–water partition coefficient (Wildman–Crippen LogP) is 2.20. The number of amides is 2. The van der Waals surface area contributed by atoms with Crippen molar-refractivity contribution in [3.8, 4) is 0 Å². The molecule has 2 amide bonds. The molecule has 8 heteroatoms. The van der Waals surface area contributed by atoms with Crippen molar-refractivity contribution in [2.45, 2.75) is 18.9 Å². The van der Waals surface area contributed by atoms with E-state index in [4.69, 9.17) is 17.3 Å². The van der Waals surface area contributed by atoms with Crippen molar-refractivity contribution in [2.24, 2.45) is 5.73 Å². The SMILES string of the molecule is NC(=O)N1CCC(Nc2ccc(Cl)c([N+](=O)[O-])c2)CC1. The van der Waals surface area contributed by atoms with Crippen molar-refractivity contribution in [3.63, 3.8) is 0 Å². The van der Waals surface area contributed by atoms with Crippen LogP contribution in [0.15, 0.2) is 18.2 Å². The maximum absolute atomic E-state index is 11.0. The number of likely N-dealkylation sites (tertiary alicyclic amines) is 1. The quantitative estimate of drug-likeness (QED) is 0.659. The smallest absolute Gasteiger partial charge is 0.314 e. The second-order valence-electron chi connectivity index (χ2n) is 4.67. The average Bonchev–Trinajstić information content (AvgIpc) is 2.41.